The lowest BCUT2D eigenvalue weighted by molar-refractivity contribution is -0.118. The van der Waals surface area contributed by atoms with E-state index in [9.17, 15) is 9.59 Å². The molecule has 1 atom stereocenters. The molecule has 1 aromatic carbocycles. The van der Waals surface area contributed by atoms with Crippen molar-refractivity contribution in [3.8, 4) is 0 Å². The van der Waals surface area contributed by atoms with Crippen molar-refractivity contribution in [1.29, 1.82) is 0 Å². The zero-order valence-electron chi connectivity index (χ0n) is 14.8. The largest absolute Gasteiger partial charge is 0.336 e. The molecule has 0 saturated carbocycles. The first kappa shape index (κ1) is 18.5. The van der Waals surface area contributed by atoms with Gasteiger partial charge in [0, 0.05) is 36.2 Å². The lowest BCUT2D eigenvalue weighted by Gasteiger charge is -2.15. The van der Waals surface area contributed by atoms with E-state index in [0.29, 0.717) is 11.4 Å². The molecule has 1 heterocycles. The van der Waals surface area contributed by atoms with Crippen molar-refractivity contribution >= 4 is 23.3 Å². The van der Waals surface area contributed by atoms with Gasteiger partial charge in [-0.2, -0.15) is 5.10 Å². The molecule has 0 saturated heterocycles. The van der Waals surface area contributed by atoms with Crippen molar-refractivity contribution in [3.05, 3.63) is 42.2 Å². The van der Waals surface area contributed by atoms with Crippen LogP contribution in [-0.2, 0) is 11.8 Å². The normalized spacial score (nSPS) is 11.9. The summed E-state index contributed by atoms with van der Waals surface area (Å²) in [5.41, 5.74) is 2.07. The van der Waals surface area contributed by atoms with Gasteiger partial charge in [0.2, 0.25) is 5.91 Å². The van der Waals surface area contributed by atoms with E-state index in [1.54, 1.807) is 55.4 Å². The summed E-state index contributed by atoms with van der Waals surface area (Å²) in [7, 11) is 3.52. The molecule has 1 unspecified atom stereocenters. The molecule has 0 aliphatic heterocycles. The lowest BCUT2D eigenvalue weighted by Crippen LogP contribution is -2.34. The van der Waals surface area contributed by atoms with E-state index in [1.807, 2.05) is 13.8 Å². The van der Waals surface area contributed by atoms with Crippen LogP contribution in [-0.4, -0.2) is 34.8 Å². The van der Waals surface area contributed by atoms with Crippen molar-refractivity contribution in [1.82, 2.24) is 20.4 Å². The van der Waals surface area contributed by atoms with Crippen LogP contribution in [0, 0.1) is 0 Å². The summed E-state index contributed by atoms with van der Waals surface area (Å²) in [5.74, 6) is -0.186. The maximum atomic E-state index is 12.4. The molecule has 134 valence electrons. The Hall–Kier alpha value is -2.87. The summed E-state index contributed by atoms with van der Waals surface area (Å²) in [6.07, 6.45) is 3.45. The van der Waals surface area contributed by atoms with Crippen LogP contribution in [0.2, 0.25) is 0 Å². The summed E-state index contributed by atoms with van der Waals surface area (Å²) in [4.78, 5) is 24.1. The second-order valence-corrected chi connectivity index (χ2v) is 5.99. The van der Waals surface area contributed by atoms with Crippen molar-refractivity contribution in [2.75, 3.05) is 17.7 Å². The molecule has 0 spiro atoms. The van der Waals surface area contributed by atoms with Gasteiger partial charge in [0.1, 0.15) is 6.04 Å². The SMILES string of the molecule is CNC(C(=O)Nc1ccc(NC(=O)NC(C)C)cc1)c1cnn(C)c1. The van der Waals surface area contributed by atoms with Gasteiger partial charge in [-0.05, 0) is 45.2 Å². The van der Waals surface area contributed by atoms with Gasteiger partial charge in [0.05, 0.1) is 6.20 Å². The number of hydrogen-bond acceptors (Lipinski definition) is 4. The Balaban J connectivity index is 1.98. The number of likely N-dealkylation sites (N-methyl/N-ethyl adjacent to an activating group) is 1. The molecule has 0 fully saturated rings. The van der Waals surface area contributed by atoms with Gasteiger partial charge in [-0.3, -0.25) is 9.48 Å². The van der Waals surface area contributed by atoms with Crippen molar-refractivity contribution in [2.24, 2.45) is 7.05 Å². The monoisotopic (exact) mass is 344 g/mol. The molecular formula is C17H24N6O2. The molecule has 0 aliphatic carbocycles. The number of carbonyl (C=O) groups excluding carboxylic acids is 2. The number of amides is 3. The van der Waals surface area contributed by atoms with Gasteiger partial charge in [-0.1, -0.05) is 0 Å². The Labute approximate surface area is 147 Å². The first-order chi connectivity index (χ1) is 11.9. The molecule has 25 heavy (non-hydrogen) atoms. The zero-order valence-corrected chi connectivity index (χ0v) is 14.8. The third-order valence-electron chi connectivity index (χ3n) is 3.44. The Bertz CT molecular complexity index is 723. The molecule has 8 heteroatoms. The number of urea groups is 1. The summed E-state index contributed by atoms with van der Waals surface area (Å²) in [5, 5.41) is 15.4. The van der Waals surface area contributed by atoms with E-state index in [-0.39, 0.29) is 18.0 Å². The molecule has 2 aromatic rings. The minimum atomic E-state index is -0.497. The van der Waals surface area contributed by atoms with Crippen LogP contribution < -0.4 is 21.3 Å². The number of aromatic nitrogens is 2. The molecular weight excluding hydrogens is 320 g/mol. The van der Waals surface area contributed by atoms with Gasteiger partial charge in [-0.15, -0.1) is 0 Å². The van der Waals surface area contributed by atoms with E-state index >= 15 is 0 Å². The molecule has 0 radical (unpaired) electrons. The number of anilines is 2. The van der Waals surface area contributed by atoms with Crippen LogP contribution in [0.25, 0.3) is 0 Å². The predicted octanol–water partition coefficient (Wildman–Crippen LogP) is 1.85. The minimum Gasteiger partial charge on any atom is -0.336 e. The van der Waals surface area contributed by atoms with Crippen LogP contribution in [0.5, 0.6) is 0 Å². The summed E-state index contributed by atoms with van der Waals surface area (Å²) < 4.78 is 1.65. The minimum absolute atomic E-state index is 0.0597. The zero-order chi connectivity index (χ0) is 18.4. The average Bonchev–Trinajstić information content (AvgIpc) is 2.95. The fraction of sp³-hybridized carbons (Fsp3) is 0.353. The number of nitrogens with zero attached hydrogens (tertiary/aromatic N) is 2. The van der Waals surface area contributed by atoms with E-state index in [0.717, 1.165) is 5.56 Å². The van der Waals surface area contributed by atoms with Crippen LogP contribution in [0.4, 0.5) is 16.2 Å². The van der Waals surface area contributed by atoms with E-state index in [2.05, 4.69) is 26.4 Å². The summed E-state index contributed by atoms with van der Waals surface area (Å²) in [6, 6.07) is 6.23. The van der Waals surface area contributed by atoms with Crippen LogP contribution in [0.1, 0.15) is 25.5 Å². The quantitative estimate of drug-likeness (QED) is 0.642. The van der Waals surface area contributed by atoms with E-state index in [4.69, 9.17) is 0 Å². The Morgan fingerprint density at radius 1 is 1.08 bits per heavy atom. The van der Waals surface area contributed by atoms with Gasteiger partial charge in [-0.25, -0.2) is 4.79 Å². The summed E-state index contributed by atoms with van der Waals surface area (Å²) >= 11 is 0. The number of nitrogens with one attached hydrogen (secondary N) is 4. The molecule has 0 bridgehead atoms. The fourth-order valence-electron chi connectivity index (χ4n) is 2.32. The first-order valence-corrected chi connectivity index (χ1v) is 8.03. The van der Waals surface area contributed by atoms with Crippen molar-refractivity contribution < 1.29 is 9.59 Å². The first-order valence-electron chi connectivity index (χ1n) is 8.03. The Morgan fingerprint density at radius 3 is 2.16 bits per heavy atom. The third kappa shape index (κ3) is 5.32. The molecule has 8 nitrogen and oxygen atoms in total. The highest BCUT2D eigenvalue weighted by Gasteiger charge is 2.20. The standard InChI is InChI=1S/C17H24N6O2/c1-11(2)20-17(25)22-14-7-5-13(6-8-14)21-16(24)15(18-3)12-9-19-23(4)10-12/h5-11,15,18H,1-4H3,(H,21,24)(H2,20,22,25). The molecule has 4 N–H and O–H groups in total. The van der Waals surface area contributed by atoms with E-state index < -0.39 is 6.04 Å². The maximum Gasteiger partial charge on any atom is 0.319 e. The van der Waals surface area contributed by atoms with Crippen LogP contribution >= 0.6 is 0 Å². The van der Waals surface area contributed by atoms with Crippen molar-refractivity contribution in [2.45, 2.75) is 25.9 Å². The van der Waals surface area contributed by atoms with Gasteiger partial charge < -0.3 is 21.3 Å². The van der Waals surface area contributed by atoms with Gasteiger partial charge in [0.25, 0.3) is 0 Å². The lowest BCUT2D eigenvalue weighted by atomic mass is 10.1. The average molecular weight is 344 g/mol. The maximum absolute atomic E-state index is 12.4. The predicted molar refractivity (Wildman–Crippen MR) is 97.4 cm³/mol. The van der Waals surface area contributed by atoms with Crippen molar-refractivity contribution in [3.63, 3.8) is 0 Å². The highest BCUT2D eigenvalue weighted by atomic mass is 16.2. The smallest absolute Gasteiger partial charge is 0.319 e. The second-order valence-electron chi connectivity index (χ2n) is 5.99. The highest BCUT2D eigenvalue weighted by molar-refractivity contribution is 5.96. The number of carbonyl (C=O) groups is 2. The molecule has 2 rings (SSSR count). The fourth-order valence-corrected chi connectivity index (χ4v) is 2.32. The Morgan fingerprint density at radius 2 is 1.68 bits per heavy atom. The molecule has 0 aliphatic rings. The van der Waals surface area contributed by atoms with Crippen LogP contribution in [0.3, 0.4) is 0 Å². The number of benzene rings is 1. The molecule has 1 aromatic heterocycles. The molecule has 3 amide bonds. The summed E-state index contributed by atoms with van der Waals surface area (Å²) in [6.45, 7) is 3.78. The number of rotatable bonds is 6. The second kappa shape index (κ2) is 8.29. The van der Waals surface area contributed by atoms with Gasteiger partial charge in [0.15, 0.2) is 0 Å². The topological polar surface area (TPSA) is 100 Å². The highest BCUT2D eigenvalue weighted by Crippen LogP contribution is 2.17. The number of aryl methyl sites for hydroxylation is 1. The van der Waals surface area contributed by atoms with Crippen LogP contribution in [0.15, 0.2) is 36.7 Å². The van der Waals surface area contributed by atoms with E-state index in [1.165, 1.54) is 0 Å². The van der Waals surface area contributed by atoms with Gasteiger partial charge >= 0.3 is 6.03 Å². The third-order valence-corrected chi connectivity index (χ3v) is 3.44. The number of hydrogen-bond donors (Lipinski definition) is 4. The Kier molecular flexibility index (Phi) is 6.13.